The first-order valence-corrected chi connectivity index (χ1v) is 16.0. The van der Waals surface area contributed by atoms with Gasteiger partial charge in [-0.1, -0.05) is 78.9 Å². The Kier molecular flexibility index (Phi) is 7.12. The lowest BCUT2D eigenvalue weighted by atomic mass is 9.74. The van der Waals surface area contributed by atoms with Crippen LogP contribution in [0.1, 0.15) is 25.8 Å². The molecule has 10 nitrogen and oxygen atoms in total. The molecule has 2 fully saturated rings. The third-order valence-corrected chi connectivity index (χ3v) is 11.5. The third-order valence-electron chi connectivity index (χ3n) is 9.68. The van der Waals surface area contributed by atoms with E-state index in [0.29, 0.717) is 26.1 Å². The number of fused-ring (bicyclic) bond motifs is 3. The Morgan fingerprint density at radius 3 is 2.43 bits per heavy atom. The first-order valence-electron chi connectivity index (χ1n) is 15.2. The van der Waals surface area contributed by atoms with Crippen molar-refractivity contribution >= 4 is 40.5 Å². The van der Waals surface area contributed by atoms with Gasteiger partial charge in [0.2, 0.25) is 17.7 Å². The van der Waals surface area contributed by atoms with Gasteiger partial charge in [-0.05, 0) is 31.0 Å². The third kappa shape index (κ3) is 4.31. The Hall–Kier alpha value is -3.96. The predicted octanol–water partition coefficient (Wildman–Crippen LogP) is 2.84. The van der Waals surface area contributed by atoms with Gasteiger partial charge in [0, 0.05) is 24.4 Å². The second kappa shape index (κ2) is 10.9. The molecule has 5 heterocycles. The fourth-order valence-electron chi connectivity index (χ4n) is 7.62. The van der Waals surface area contributed by atoms with Gasteiger partial charge in [-0.25, -0.2) is 4.68 Å². The van der Waals surface area contributed by atoms with Gasteiger partial charge < -0.3 is 19.8 Å². The summed E-state index contributed by atoms with van der Waals surface area (Å²) in [5, 5.41) is 19.0. The number of hydrogen-bond acceptors (Lipinski definition) is 7. The SMILES string of the molecule is CC[C@@H](CO)N1C(=O)[C@@H]2[C@H]3C(=O)N(Cc4ccccc4)CC=C[C@@]3(C)S[C@@]23C=CCN(Cn2nnc4ccccc42)C(=O)C13. The number of thioether (sulfide) groups is 1. The van der Waals surface area contributed by atoms with Crippen LogP contribution in [0.5, 0.6) is 0 Å². The van der Waals surface area contributed by atoms with Gasteiger partial charge in [-0.3, -0.25) is 14.4 Å². The molecule has 228 valence electrons. The standard InChI is InChI=1S/C33H36N6O4S/c1-3-23(20-40)39-28-31(43)37(21-38-25-14-8-7-13-24(25)34-35-38)18-10-16-33(28)27(30(39)42)26-29(41)36(17-9-15-32(26,2)44-33)19-22-11-5-4-6-12-22/h4-16,23,26-28,40H,3,17-21H2,1-2H3/t23-,26-,27-,28?,32+,33-/m0/s1. The molecule has 0 aliphatic carbocycles. The first-order chi connectivity index (χ1) is 21.3. The molecule has 1 aromatic heterocycles. The van der Waals surface area contributed by atoms with Gasteiger partial charge in [0.25, 0.3) is 0 Å². The number of likely N-dealkylation sites (tertiary alicyclic amines) is 1. The van der Waals surface area contributed by atoms with Crippen molar-refractivity contribution in [2.45, 2.75) is 55.1 Å². The summed E-state index contributed by atoms with van der Waals surface area (Å²) in [6.45, 7) is 5.03. The molecule has 0 bridgehead atoms. The van der Waals surface area contributed by atoms with Crippen molar-refractivity contribution in [2.75, 3.05) is 19.7 Å². The van der Waals surface area contributed by atoms with Crippen molar-refractivity contribution in [3.8, 4) is 0 Å². The lowest BCUT2D eigenvalue weighted by molar-refractivity contribution is -0.148. The summed E-state index contributed by atoms with van der Waals surface area (Å²) >= 11 is 1.55. The second-order valence-corrected chi connectivity index (χ2v) is 14.1. The van der Waals surface area contributed by atoms with Crippen LogP contribution in [-0.2, 0) is 27.6 Å². The molecule has 0 saturated carbocycles. The summed E-state index contributed by atoms with van der Waals surface area (Å²) in [6.07, 6.45) is 8.54. The molecule has 2 aromatic carbocycles. The Morgan fingerprint density at radius 1 is 0.932 bits per heavy atom. The number of aromatic nitrogens is 3. The molecule has 2 saturated heterocycles. The first kappa shape index (κ1) is 28.8. The average molecular weight is 613 g/mol. The topological polar surface area (TPSA) is 112 Å². The molecule has 3 amide bonds. The van der Waals surface area contributed by atoms with Gasteiger partial charge in [0.05, 0.1) is 34.7 Å². The number of aliphatic hydroxyl groups excluding tert-OH is 1. The van der Waals surface area contributed by atoms with E-state index < -0.39 is 33.4 Å². The van der Waals surface area contributed by atoms with E-state index in [4.69, 9.17) is 0 Å². The van der Waals surface area contributed by atoms with E-state index in [9.17, 15) is 19.5 Å². The molecule has 4 aliphatic heterocycles. The fraction of sp³-hybridized carbons (Fsp3) is 0.424. The molecule has 3 aromatic rings. The van der Waals surface area contributed by atoms with Crippen LogP contribution in [0.25, 0.3) is 11.0 Å². The van der Waals surface area contributed by atoms with Crippen LogP contribution in [0.15, 0.2) is 78.9 Å². The molecular formula is C33H36N6O4S. The summed E-state index contributed by atoms with van der Waals surface area (Å²) in [7, 11) is 0. The van der Waals surface area contributed by atoms with Crippen molar-refractivity contribution < 1.29 is 19.5 Å². The van der Waals surface area contributed by atoms with Crippen LogP contribution in [0.3, 0.4) is 0 Å². The average Bonchev–Trinajstić information content (AvgIpc) is 3.56. The van der Waals surface area contributed by atoms with Crippen LogP contribution in [-0.4, -0.2) is 93.8 Å². The number of nitrogens with zero attached hydrogens (tertiary/aromatic N) is 6. The number of aliphatic hydroxyl groups is 1. The van der Waals surface area contributed by atoms with Crippen LogP contribution >= 0.6 is 11.8 Å². The Balaban J connectivity index is 1.29. The van der Waals surface area contributed by atoms with E-state index in [2.05, 4.69) is 16.4 Å². The molecule has 6 atom stereocenters. The van der Waals surface area contributed by atoms with Crippen molar-refractivity contribution in [3.05, 3.63) is 84.5 Å². The van der Waals surface area contributed by atoms with Crippen LogP contribution < -0.4 is 0 Å². The Morgan fingerprint density at radius 2 is 1.66 bits per heavy atom. The Labute approximate surface area is 260 Å². The molecule has 11 heteroatoms. The lowest BCUT2D eigenvalue weighted by Gasteiger charge is -2.39. The van der Waals surface area contributed by atoms with E-state index in [1.54, 1.807) is 26.2 Å². The molecule has 44 heavy (non-hydrogen) atoms. The smallest absolute Gasteiger partial charge is 0.248 e. The highest BCUT2D eigenvalue weighted by Crippen LogP contribution is 2.66. The van der Waals surface area contributed by atoms with Crippen LogP contribution in [0.2, 0.25) is 0 Å². The van der Waals surface area contributed by atoms with Gasteiger partial charge in [0.1, 0.15) is 18.2 Å². The Bertz CT molecular complexity index is 1670. The largest absolute Gasteiger partial charge is 0.394 e. The van der Waals surface area contributed by atoms with Crippen molar-refractivity contribution in [3.63, 3.8) is 0 Å². The number of hydrogen-bond donors (Lipinski definition) is 1. The van der Waals surface area contributed by atoms with E-state index in [1.807, 2.05) is 91.6 Å². The highest BCUT2D eigenvalue weighted by Gasteiger charge is 2.74. The number of benzene rings is 2. The van der Waals surface area contributed by atoms with E-state index in [1.165, 1.54) is 0 Å². The zero-order valence-corrected chi connectivity index (χ0v) is 25.6. The molecule has 1 spiro atoms. The molecule has 1 unspecified atom stereocenters. The number of carbonyl (C=O) groups excluding carboxylic acids is 3. The summed E-state index contributed by atoms with van der Waals surface area (Å²) in [5.41, 5.74) is 2.56. The number of rotatable bonds is 7. The minimum absolute atomic E-state index is 0.0854. The van der Waals surface area contributed by atoms with Gasteiger partial charge in [0.15, 0.2) is 0 Å². The summed E-state index contributed by atoms with van der Waals surface area (Å²) in [5.74, 6) is -1.98. The minimum Gasteiger partial charge on any atom is -0.394 e. The molecule has 0 radical (unpaired) electrons. The maximum atomic E-state index is 14.7. The maximum absolute atomic E-state index is 14.7. The zero-order valence-electron chi connectivity index (χ0n) is 24.8. The van der Waals surface area contributed by atoms with E-state index >= 15 is 0 Å². The summed E-state index contributed by atoms with van der Waals surface area (Å²) in [4.78, 5) is 49.0. The van der Waals surface area contributed by atoms with Gasteiger partial charge in [-0.15, -0.1) is 16.9 Å². The highest BCUT2D eigenvalue weighted by molar-refractivity contribution is 8.02. The van der Waals surface area contributed by atoms with Crippen molar-refractivity contribution in [1.29, 1.82) is 0 Å². The second-order valence-electron chi connectivity index (χ2n) is 12.3. The van der Waals surface area contributed by atoms with E-state index in [-0.39, 0.29) is 31.0 Å². The monoisotopic (exact) mass is 612 g/mol. The molecule has 7 rings (SSSR count). The summed E-state index contributed by atoms with van der Waals surface area (Å²) in [6, 6.07) is 16.0. The van der Waals surface area contributed by atoms with Crippen LogP contribution in [0, 0.1) is 11.8 Å². The molecule has 4 aliphatic rings. The fourth-order valence-corrected chi connectivity index (χ4v) is 9.77. The predicted molar refractivity (Wildman–Crippen MR) is 167 cm³/mol. The van der Waals surface area contributed by atoms with Crippen LogP contribution in [0.4, 0.5) is 0 Å². The number of amides is 3. The van der Waals surface area contributed by atoms with Crippen molar-refractivity contribution in [1.82, 2.24) is 29.7 Å². The van der Waals surface area contributed by atoms with Gasteiger partial charge >= 0.3 is 0 Å². The number of para-hydroxylation sites is 1. The summed E-state index contributed by atoms with van der Waals surface area (Å²) < 4.78 is 0.0168. The lowest BCUT2D eigenvalue weighted by Crippen LogP contribution is -2.56. The normalized spacial score (nSPS) is 30.4. The maximum Gasteiger partial charge on any atom is 0.248 e. The van der Waals surface area contributed by atoms with Crippen molar-refractivity contribution in [2.24, 2.45) is 11.8 Å². The minimum atomic E-state index is -0.981. The highest BCUT2D eigenvalue weighted by atomic mass is 32.2. The number of carbonyl (C=O) groups is 3. The zero-order chi connectivity index (χ0) is 30.6. The molecular weight excluding hydrogens is 576 g/mol. The van der Waals surface area contributed by atoms with Gasteiger partial charge in [-0.2, -0.15) is 0 Å². The van der Waals surface area contributed by atoms with E-state index in [0.717, 1.165) is 16.6 Å². The quantitative estimate of drug-likeness (QED) is 0.409. The molecule has 1 N–H and O–H groups in total.